The van der Waals surface area contributed by atoms with Crippen LogP contribution in [0.15, 0.2) is 48.5 Å². The number of nitriles is 1. The molecule has 0 fully saturated rings. The van der Waals surface area contributed by atoms with Crippen molar-refractivity contribution in [1.82, 2.24) is 0 Å². The molecule has 2 nitrogen and oxygen atoms in total. The largest absolute Gasteiger partial charge is 0.367 e. The second-order valence-electron chi connectivity index (χ2n) is 4.96. The summed E-state index contributed by atoms with van der Waals surface area (Å²) in [6.45, 7) is 2.03. The van der Waals surface area contributed by atoms with Gasteiger partial charge in [-0.05, 0) is 42.2 Å². The van der Waals surface area contributed by atoms with E-state index in [-0.39, 0.29) is 0 Å². The molecular formula is C17H16N2. The molecule has 19 heavy (non-hydrogen) atoms. The van der Waals surface area contributed by atoms with Crippen LogP contribution in [0.25, 0.3) is 0 Å². The molecule has 0 aromatic heterocycles. The van der Waals surface area contributed by atoms with Crippen molar-refractivity contribution in [2.75, 3.05) is 11.4 Å². The SMILES string of the molecule is N#Cc1ccc(CN2CCCc3ccccc32)cc1. The lowest BCUT2D eigenvalue weighted by Gasteiger charge is -2.31. The summed E-state index contributed by atoms with van der Waals surface area (Å²) in [5.74, 6) is 0. The van der Waals surface area contributed by atoms with Gasteiger partial charge in [0.2, 0.25) is 0 Å². The first-order valence-corrected chi connectivity index (χ1v) is 6.69. The van der Waals surface area contributed by atoms with Crippen LogP contribution in [0.4, 0.5) is 5.69 Å². The van der Waals surface area contributed by atoms with Gasteiger partial charge in [0.25, 0.3) is 0 Å². The van der Waals surface area contributed by atoms with E-state index in [9.17, 15) is 0 Å². The number of benzene rings is 2. The van der Waals surface area contributed by atoms with E-state index < -0.39 is 0 Å². The second-order valence-corrected chi connectivity index (χ2v) is 4.96. The highest BCUT2D eigenvalue weighted by Crippen LogP contribution is 2.27. The summed E-state index contributed by atoms with van der Waals surface area (Å²) in [6.07, 6.45) is 2.40. The number of hydrogen-bond donors (Lipinski definition) is 0. The Morgan fingerprint density at radius 3 is 2.63 bits per heavy atom. The summed E-state index contributed by atoms with van der Waals surface area (Å²) in [6, 6.07) is 18.7. The Bertz CT molecular complexity index is 608. The van der Waals surface area contributed by atoms with Crippen LogP contribution in [0.1, 0.15) is 23.1 Å². The van der Waals surface area contributed by atoms with Crippen LogP contribution in [0.3, 0.4) is 0 Å². The molecule has 1 aliphatic rings. The number of fused-ring (bicyclic) bond motifs is 1. The summed E-state index contributed by atoms with van der Waals surface area (Å²) >= 11 is 0. The van der Waals surface area contributed by atoms with Gasteiger partial charge >= 0.3 is 0 Å². The summed E-state index contributed by atoms with van der Waals surface area (Å²) < 4.78 is 0. The Balaban J connectivity index is 1.82. The maximum absolute atomic E-state index is 8.82. The molecule has 2 heteroatoms. The van der Waals surface area contributed by atoms with Crippen LogP contribution >= 0.6 is 0 Å². The third kappa shape index (κ3) is 2.46. The minimum atomic E-state index is 0.725. The van der Waals surface area contributed by atoms with Gasteiger partial charge in [-0.1, -0.05) is 30.3 Å². The number of para-hydroxylation sites is 1. The molecule has 0 saturated heterocycles. The first-order valence-electron chi connectivity index (χ1n) is 6.69. The quantitative estimate of drug-likeness (QED) is 0.813. The molecular weight excluding hydrogens is 232 g/mol. The van der Waals surface area contributed by atoms with E-state index >= 15 is 0 Å². The monoisotopic (exact) mass is 248 g/mol. The number of hydrogen-bond acceptors (Lipinski definition) is 2. The molecule has 0 atom stereocenters. The van der Waals surface area contributed by atoms with Gasteiger partial charge in [-0.2, -0.15) is 5.26 Å². The summed E-state index contributed by atoms with van der Waals surface area (Å²) in [4.78, 5) is 2.43. The van der Waals surface area contributed by atoms with Crippen LogP contribution in [0.5, 0.6) is 0 Å². The molecule has 0 unspecified atom stereocenters. The van der Waals surface area contributed by atoms with E-state index in [1.165, 1.54) is 29.7 Å². The van der Waals surface area contributed by atoms with E-state index in [1.54, 1.807) is 0 Å². The molecule has 1 aliphatic heterocycles. The fraction of sp³-hybridized carbons (Fsp3) is 0.235. The molecule has 94 valence electrons. The summed E-state index contributed by atoms with van der Waals surface area (Å²) in [5, 5.41) is 8.82. The van der Waals surface area contributed by atoms with E-state index in [4.69, 9.17) is 5.26 Å². The molecule has 1 heterocycles. The highest BCUT2D eigenvalue weighted by Gasteiger charge is 2.15. The third-order valence-corrected chi connectivity index (χ3v) is 3.66. The Morgan fingerprint density at radius 1 is 1.05 bits per heavy atom. The van der Waals surface area contributed by atoms with Gasteiger partial charge in [-0.15, -0.1) is 0 Å². The Hall–Kier alpha value is -2.27. The van der Waals surface area contributed by atoms with Gasteiger partial charge in [0, 0.05) is 18.8 Å². The highest BCUT2D eigenvalue weighted by molar-refractivity contribution is 5.55. The first kappa shape index (κ1) is 11.8. The van der Waals surface area contributed by atoms with Crippen molar-refractivity contribution >= 4 is 5.69 Å². The molecule has 0 aliphatic carbocycles. The van der Waals surface area contributed by atoms with Gasteiger partial charge < -0.3 is 4.90 Å². The number of rotatable bonds is 2. The molecule has 3 rings (SSSR count). The topological polar surface area (TPSA) is 27.0 Å². The molecule has 2 aromatic rings. The molecule has 2 aromatic carbocycles. The summed E-state index contributed by atoms with van der Waals surface area (Å²) in [5.41, 5.74) is 4.79. The Morgan fingerprint density at radius 2 is 1.84 bits per heavy atom. The predicted molar refractivity (Wildman–Crippen MR) is 77.0 cm³/mol. The normalized spacial score (nSPS) is 13.7. The van der Waals surface area contributed by atoms with Gasteiger partial charge in [-0.3, -0.25) is 0 Å². The zero-order valence-corrected chi connectivity index (χ0v) is 10.8. The van der Waals surface area contributed by atoms with Crippen LogP contribution in [0.2, 0.25) is 0 Å². The van der Waals surface area contributed by atoms with Crippen molar-refractivity contribution in [3.63, 3.8) is 0 Å². The van der Waals surface area contributed by atoms with Gasteiger partial charge in [0.05, 0.1) is 11.6 Å². The van der Waals surface area contributed by atoms with Crippen molar-refractivity contribution in [2.24, 2.45) is 0 Å². The molecule has 0 bridgehead atoms. The van der Waals surface area contributed by atoms with E-state index in [0.717, 1.165) is 18.7 Å². The zero-order valence-electron chi connectivity index (χ0n) is 10.8. The van der Waals surface area contributed by atoms with Crippen molar-refractivity contribution in [3.05, 3.63) is 65.2 Å². The first-order chi connectivity index (χ1) is 9.36. The maximum atomic E-state index is 8.82. The molecule has 0 N–H and O–H groups in total. The minimum absolute atomic E-state index is 0.725. The number of aryl methyl sites for hydroxylation is 1. The highest BCUT2D eigenvalue weighted by atomic mass is 15.1. The van der Waals surface area contributed by atoms with Crippen molar-refractivity contribution < 1.29 is 0 Å². The summed E-state index contributed by atoms with van der Waals surface area (Å²) in [7, 11) is 0. The fourth-order valence-electron chi connectivity index (χ4n) is 2.68. The standard InChI is InChI=1S/C17H16N2/c18-12-14-7-9-15(10-8-14)13-19-11-3-5-16-4-1-2-6-17(16)19/h1-2,4,6-10H,3,5,11,13H2. The van der Waals surface area contributed by atoms with Gasteiger partial charge in [-0.25, -0.2) is 0 Å². The van der Waals surface area contributed by atoms with Crippen LogP contribution in [-0.2, 0) is 13.0 Å². The van der Waals surface area contributed by atoms with Crippen molar-refractivity contribution in [1.29, 1.82) is 5.26 Å². The average Bonchev–Trinajstić information content (AvgIpc) is 2.48. The number of nitrogens with zero attached hydrogens (tertiary/aromatic N) is 2. The van der Waals surface area contributed by atoms with Crippen molar-refractivity contribution in [2.45, 2.75) is 19.4 Å². The molecule has 0 amide bonds. The van der Waals surface area contributed by atoms with Crippen LogP contribution in [-0.4, -0.2) is 6.54 Å². The zero-order chi connectivity index (χ0) is 13.1. The van der Waals surface area contributed by atoms with Gasteiger partial charge in [0.15, 0.2) is 0 Å². The minimum Gasteiger partial charge on any atom is -0.367 e. The van der Waals surface area contributed by atoms with Crippen LogP contribution < -0.4 is 4.90 Å². The maximum Gasteiger partial charge on any atom is 0.0991 e. The van der Waals surface area contributed by atoms with E-state index in [2.05, 4.69) is 47.4 Å². The van der Waals surface area contributed by atoms with E-state index in [0.29, 0.717) is 0 Å². The molecule has 0 saturated carbocycles. The predicted octanol–water partition coefficient (Wildman–Crippen LogP) is 3.51. The fourth-order valence-corrected chi connectivity index (χ4v) is 2.68. The lowest BCUT2D eigenvalue weighted by Crippen LogP contribution is -2.28. The van der Waals surface area contributed by atoms with E-state index in [1.807, 2.05) is 12.1 Å². The smallest absolute Gasteiger partial charge is 0.0991 e. The molecule has 0 radical (unpaired) electrons. The second kappa shape index (κ2) is 5.16. The number of anilines is 1. The lowest BCUT2D eigenvalue weighted by molar-refractivity contribution is 0.691. The van der Waals surface area contributed by atoms with Crippen LogP contribution in [0, 0.1) is 11.3 Å². The lowest BCUT2D eigenvalue weighted by atomic mass is 10.0. The Kier molecular flexibility index (Phi) is 3.20. The average molecular weight is 248 g/mol. The van der Waals surface area contributed by atoms with Crippen molar-refractivity contribution in [3.8, 4) is 6.07 Å². The van der Waals surface area contributed by atoms with Gasteiger partial charge in [0.1, 0.15) is 0 Å². The third-order valence-electron chi connectivity index (χ3n) is 3.66. The molecule has 0 spiro atoms. The Labute approximate surface area is 113 Å².